The number of amides is 1. The number of benzene rings is 1. The first-order valence-corrected chi connectivity index (χ1v) is 7.79. The molecule has 1 amide bonds. The molecule has 1 saturated heterocycles. The fraction of sp³-hybridized carbons (Fsp3) is 0.412. The van der Waals surface area contributed by atoms with Crippen molar-refractivity contribution in [3.05, 3.63) is 35.2 Å². The van der Waals surface area contributed by atoms with E-state index in [4.69, 9.17) is 9.47 Å². The maximum Gasteiger partial charge on any atom is 0.341 e. The van der Waals surface area contributed by atoms with Gasteiger partial charge in [0.1, 0.15) is 5.82 Å². The number of nitrogens with zero attached hydrogens (tertiary/aromatic N) is 1. The highest BCUT2D eigenvalue weighted by Gasteiger charge is 2.33. The lowest BCUT2D eigenvalue weighted by atomic mass is 10.0. The Kier molecular flexibility index (Phi) is 4.53. The zero-order valence-corrected chi connectivity index (χ0v) is 13.6. The van der Waals surface area contributed by atoms with E-state index in [1.54, 1.807) is 19.1 Å². The average Bonchev–Trinajstić information content (AvgIpc) is 2.81. The van der Waals surface area contributed by atoms with E-state index in [1.807, 2.05) is 4.90 Å². The molecule has 0 unspecified atom stereocenters. The predicted molar refractivity (Wildman–Crippen MR) is 85.7 cm³/mol. The van der Waals surface area contributed by atoms with Crippen LogP contribution in [-0.4, -0.2) is 44.4 Å². The van der Waals surface area contributed by atoms with Crippen molar-refractivity contribution in [3.63, 3.8) is 0 Å². The largest absolute Gasteiger partial charge is 0.434 e. The molecule has 2 aliphatic heterocycles. The molecule has 7 heteroatoms. The third-order valence-electron chi connectivity index (χ3n) is 4.14. The standard InChI is InChI=1S/C17H19FN2O4/c1-10-15(17(22)24-16(10)19-11(2)21)12-3-4-14(13(18)9-12)20-5-7-23-8-6-20/h3-4,9,16H,5-8H2,1-2H3,(H,19,21)/t16-/m1/s1. The summed E-state index contributed by atoms with van der Waals surface area (Å²) in [5.41, 5.74) is 1.79. The average molecular weight is 334 g/mol. The van der Waals surface area contributed by atoms with Crippen LogP contribution in [0.2, 0.25) is 0 Å². The zero-order valence-electron chi connectivity index (χ0n) is 13.6. The number of morpholine rings is 1. The van der Waals surface area contributed by atoms with E-state index in [0.717, 1.165) is 0 Å². The molecule has 0 saturated carbocycles. The van der Waals surface area contributed by atoms with Crippen molar-refractivity contribution < 1.29 is 23.5 Å². The number of rotatable bonds is 3. The third-order valence-corrected chi connectivity index (χ3v) is 4.14. The van der Waals surface area contributed by atoms with Gasteiger partial charge in [-0.2, -0.15) is 0 Å². The predicted octanol–water partition coefficient (Wildman–Crippen LogP) is 1.45. The number of hydrogen-bond acceptors (Lipinski definition) is 5. The maximum absolute atomic E-state index is 14.5. The summed E-state index contributed by atoms with van der Waals surface area (Å²) in [6.45, 7) is 5.42. The van der Waals surface area contributed by atoms with Crippen molar-refractivity contribution >= 4 is 23.1 Å². The fourth-order valence-electron chi connectivity index (χ4n) is 2.94. The zero-order chi connectivity index (χ0) is 17.3. The van der Waals surface area contributed by atoms with Crippen LogP contribution >= 0.6 is 0 Å². The lowest BCUT2D eigenvalue weighted by Crippen LogP contribution is -2.36. The van der Waals surface area contributed by atoms with Gasteiger partial charge in [-0.1, -0.05) is 6.07 Å². The van der Waals surface area contributed by atoms with Gasteiger partial charge in [0.05, 0.1) is 24.5 Å². The molecule has 3 rings (SSSR count). The van der Waals surface area contributed by atoms with Gasteiger partial charge in [0, 0.05) is 25.6 Å². The number of cyclic esters (lactones) is 1. The number of carbonyl (C=O) groups is 2. The summed E-state index contributed by atoms with van der Waals surface area (Å²) in [7, 11) is 0. The molecule has 128 valence electrons. The number of anilines is 1. The Morgan fingerprint density at radius 3 is 2.67 bits per heavy atom. The Morgan fingerprint density at radius 2 is 2.04 bits per heavy atom. The topological polar surface area (TPSA) is 67.9 Å². The molecule has 0 aromatic heterocycles. The highest BCUT2D eigenvalue weighted by atomic mass is 19.1. The number of esters is 1. The van der Waals surface area contributed by atoms with Gasteiger partial charge in [-0.05, 0) is 24.6 Å². The first kappa shape index (κ1) is 16.4. The van der Waals surface area contributed by atoms with Crippen molar-refractivity contribution in [3.8, 4) is 0 Å². The highest BCUT2D eigenvalue weighted by Crippen LogP contribution is 2.32. The molecule has 1 fully saturated rings. The van der Waals surface area contributed by atoms with E-state index in [1.165, 1.54) is 13.0 Å². The number of halogens is 1. The van der Waals surface area contributed by atoms with Crippen LogP contribution in [0.15, 0.2) is 23.8 Å². The third kappa shape index (κ3) is 3.12. The van der Waals surface area contributed by atoms with Gasteiger partial charge in [0.25, 0.3) is 0 Å². The Morgan fingerprint density at radius 1 is 1.33 bits per heavy atom. The van der Waals surface area contributed by atoms with Gasteiger partial charge in [0.2, 0.25) is 5.91 Å². The smallest absolute Gasteiger partial charge is 0.341 e. The van der Waals surface area contributed by atoms with E-state index in [-0.39, 0.29) is 5.91 Å². The van der Waals surface area contributed by atoms with E-state index in [2.05, 4.69) is 5.32 Å². The molecule has 1 N–H and O–H groups in total. The summed E-state index contributed by atoms with van der Waals surface area (Å²) < 4.78 is 24.9. The van der Waals surface area contributed by atoms with Gasteiger partial charge >= 0.3 is 5.97 Å². The van der Waals surface area contributed by atoms with E-state index in [9.17, 15) is 14.0 Å². The van der Waals surface area contributed by atoms with E-state index >= 15 is 0 Å². The summed E-state index contributed by atoms with van der Waals surface area (Å²) >= 11 is 0. The van der Waals surface area contributed by atoms with Gasteiger partial charge in [-0.15, -0.1) is 0 Å². The second-order valence-electron chi connectivity index (χ2n) is 5.81. The van der Waals surface area contributed by atoms with Crippen LogP contribution in [0, 0.1) is 5.82 Å². The SMILES string of the molecule is CC(=O)N[C@@H]1OC(=O)C(c2ccc(N3CCOCC3)c(F)c2)=C1C. The quantitative estimate of drug-likeness (QED) is 0.848. The second-order valence-corrected chi connectivity index (χ2v) is 5.81. The normalized spacial score (nSPS) is 21.0. The molecule has 1 aromatic rings. The number of nitrogens with one attached hydrogen (secondary N) is 1. The van der Waals surface area contributed by atoms with Gasteiger partial charge in [0.15, 0.2) is 6.23 Å². The first-order chi connectivity index (χ1) is 11.5. The van der Waals surface area contributed by atoms with Crippen LogP contribution in [0.4, 0.5) is 10.1 Å². The van der Waals surface area contributed by atoms with Crippen LogP contribution in [-0.2, 0) is 19.1 Å². The Labute approximate surface area is 139 Å². The molecular formula is C17H19FN2O4. The summed E-state index contributed by atoms with van der Waals surface area (Å²) in [6.07, 6.45) is -0.799. The Balaban J connectivity index is 1.89. The van der Waals surface area contributed by atoms with Crippen molar-refractivity contribution in [2.24, 2.45) is 0 Å². The molecule has 0 bridgehead atoms. The van der Waals surface area contributed by atoms with E-state index < -0.39 is 18.0 Å². The number of carbonyl (C=O) groups excluding carboxylic acids is 2. The summed E-state index contributed by atoms with van der Waals surface area (Å²) in [5, 5.41) is 2.54. The van der Waals surface area contributed by atoms with Crippen molar-refractivity contribution in [2.75, 3.05) is 31.2 Å². The molecule has 0 aliphatic carbocycles. The number of hydrogen-bond donors (Lipinski definition) is 1. The van der Waals surface area contributed by atoms with Crippen LogP contribution in [0.3, 0.4) is 0 Å². The van der Waals surface area contributed by atoms with Crippen LogP contribution < -0.4 is 10.2 Å². The molecule has 0 spiro atoms. The molecule has 2 aliphatic rings. The molecule has 1 atom stereocenters. The summed E-state index contributed by atoms with van der Waals surface area (Å²) in [6, 6.07) is 4.69. The van der Waals surface area contributed by atoms with Gasteiger partial charge in [-0.25, -0.2) is 9.18 Å². The highest BCUT2D eigenvalue weighted by molar-refractivity contribution is 6.19. The molecule has 1 aromatic carbocycles. The Hall–Kier alpha value is -2.41. The monoisotopic (exact) mass is 334 g/mol. The first-order valence-electron chi connectivity index (χ1n) is 7.79. The van der Waals surface area contributed by atoms with Gasteiger partial charge in [-0.3, -0.25) is 4.79 Å². The molecule has 6 nitrogen and oxygen atoms in total. The van der Waals surface area contributed by atoms with Crippen molar-refractivity contribution in [1.82, 2.24) is 5.32 Å². The molecule has 0 radical (unpaired) electrons. The van der Waals surface area contributed by atoms with Gasteiger partial charge < -0.3 is 19.7 Å². The lowest BCUT2D eigenvalue weighted by Gasteiger charge is -2.29. The molecule has 24 heavy (non-hydrogen) atoms. The maximum atomic E-state index is 14.5. The van der Waals surface area contributed by atoms with E-state index in [0.29, 0.717) is 48.7 Å². The minimum atomic E-state index is -0.799. The van der Waals surface area contributed by atoms with Crippen LogP contribution in [0.1, 0.15) is 19.4 Å². The molecule has 2 heterocycles. The fourth-order valence-corrected chi connectivity index (χ4v) is 2.94. The van der Waals surface area contributed by atoms with Crippen LogP contribution in [0.25, 0.3) is 5.57 Å². The van der Waals surface area contributed by atoms with Crippen LogP contribution in [0.5, 0.6) is 0 Å². The number of ether oxygens (including phenoxy) is 2. The molecular weight excluding hydrogens is 315 g/mol. The minimum Gasteiger partial charge on any atom is -0.434 e. The summed E-state index contributed by atoms with van der Waals surface area (Å²) in [4.78, 5) is 25.2. The van der Waals surface area contributed by atoms with Crippen molar-refractivity contribution in [1.29, 1.82) is 0 Å². The lowest BCUT2D eigenvalue weighted by molar-refractivity contribution is -0.140. The summed E-state index contributed by atoms with van der Waals surface area (Å²) in [5.74, 6) is -1.27. The Bertz CT molecular complexity index is 711. The second kappa shape index (κ2) is 6.60. The minimum absolute atomic E-state index is 0.293. The van der Waals surface area contributed by atoms with Crippen molar-refractivity contribution in [2.45, 2.75) is 20.1 Å².